The second-order valence-electron chi connectivity index (χ2n) is 10.6. The Morgan fingerprint density at radius 1 is 1.23 bits per heavy atom. The van der Waals surface area contributed by atoms with Crippen LogP contribution in [0.3, 0.4) is 0 Å². The van der Waals surface area contributed by atoms with Crippen LogP contribution in [0.1, 0.15) is 54.6 Å². The van der Waals surface area contributed by atoms with Gasteiger partial charge in [0.05, 0.1) is 6.07 Å². The summed E-state index contributed by atoms with van der Waals surface area (Å²) in [5.74, 6) is -7.85. The molecule has 0 bridgehead atoms. The van der Waals surface area contributed by atoms with Crippen molar-refractivity contribution < 1.29 is 36.3 Å². The van der Waals surface area contributed by atoms with Crippen LogP contribution in [0, 0.1) is 34.9 Å². The minimum absolute atomic E-state index is 0.0307. The number of H-pyrrole nitrogens is 1. The molecule has 8 nitrogen and oxygen atoms in total. The number of alkyl halides is 4. The molecular formula is C26H26F5N5O3. The number of carbonyl (C=O) groups excluding carboxylic acids is 3. The number of rotatable bonds is 6. The third-order valence-corrected chi connectivity index (χ3v) is 7.99. The van der Waals surface area contributed by atoms with Crippen molar-refractivity contribution in [2.45, 2.75) is 56.5 Å². The van der Waals surface area contributed by atoms with Gasteiger partial charge in [-0.1, -0.05) is 0 Å². The van der Waals surface area contributed by atoms with Crippen molar-refractivity contribution in [2.24, 2.45) is 17.8 Å². The Balaban J connectivity index is 1.41. The Kier molecular flexibility index (Phi) is 6.99. The molecule has 0 radical (unpaired) electrons. The molecule has 5 atom stereocenters. The molecule has 2 saturated heterocycles. The lowest BCUT2D eigenvalue weighted by Crippen LogP contribution is -2.52. The standard InChI is InChI=1S/C26H26F5N5O3/c27-14-5-17(22(28)29)16-7-20(35-19(16)6-14)25(39)36-11-13-8-26(30,31)9-18(13)21(36)24(38)34-15(10-32)4-12-2-1-3-33-23(12)37/h5-7,12-13,15,18,21-22,35H,1-4,8-9,11H2,(H,33,37)(H,34,38)/t12-,13-,15-,18-,21+/m0/s1. The molecule has 3 fully saturated rings. The molecule has 1 aliphatic carbocycles. The van der Waals surface area contributed by atoms with Crippen molar-refractivity contribution >= 4 is 28.6 Å². The fourth-order valence-corrected chi connectivity index (χ4v) is 6.27. The average Bonchev–Trinajstić information content (AvgIpc) is 3.53. The Hall–Kier alpha value is -3.69. The quantitative estimate of drug-likeness (QED) is 0.475. The number of nitriles is 1. The number of nitrogens with zero attached hydrogens (tertiary/aromatic N) is 2. The Morgan fingerprint density at radius 2 is 2.00 bits per heavy atom. The second-order valence-corrected chi connectivity index (χ2v) is 10.6. The van der Waals surface area contributed by atoms with Gasteiger partial charge in [-0.2, -0.15) is 5.26 Å². The summed E-state index contributed by atoms with van der Waals surface area (Å²) in [4.78, 5) is 42.8. The first kappa shape index (κ1) is 26.9. The van der Waals surface area contributed by atoms with Gasteiger partial charge in [0.1, 0.15) is 23.6 Å². The summed E-state index contributed by atoms with van der Waals surface area (Å²) in [6, 6.07) is 2.27. The van der Waals surface area contributed by atoms with E-state index in [2.05, 4.69) is 15.6 Å². The molecule has 5 rings (SSSR count). The molecule has 0 unspecified atom stereocenters. The summed E-state index contributed by atoms with van der Waals surface area (Å²) in [5.41, 5.74) is -0.857. The van der Waals surface area contributed by atoms with Crippen molar-refractivity contribution in [3.05, 3.63) is 35.3 Å². The molecule has 1 aromatic heterocycles. The highest BCUT2D eigenvalue weighted by Gasteiger charge is 2.58. The first-order valence-corrected chi connectivity index (χ1v) is 12.7. The van der Waals surface area contributed by atoms with Gasteiger partial charge in [-0.25, -0.2) is 22.0 Å². The normalized spacial score (nSPS) is 26.8. The summed E-state index contributed by atoms with van der Waals surface area (Å²) in [6.07, 6.45) is -2.88. The Labute approximate surface area is 219 Å². The summed E-state index contributed by atoms with van der Waals surface area (Å²) in [6.45, 7) is 0.347. The van der Waals surface area contributed by atoms with Crippen molar-refractivity contribution in [1.82, 2.24) is 20.5 Å². The number of aromatic amines is 1. The van der Waals surface area contributed by atoms with Crippen molar-refractivity contribution in [3.8, 4) is 6.07 Å². The van der Waals surface area contributed by atoms with Crippen LogP contribution in [0.15, 0.2) is 18.2 Å². The molecule has 2 aliphatic heterocycles. The number of fused-ring (bicyclic) bond motifs is 2. The zero-order chi connectivity index (χ0) is 28.1. The predicted octanol–water partition coefficient (Wildman–Crippen LogP) is 3.66. The maximum atomic E-state index is 14.3. The SMILES string of the molecule is N#C[C@H](C[C@@H]1CCCNC1=O)NC(=O)[C@H]1[C@H]2CC(F)(F)C[C@H]2CN1C(=O)c1cc2c(C(F)F)cc(F)cc2[nH]1. The molecule has 2 aromatic rings. The molecule has 208 valence electrons. The number of aromatic nitrogens is 1. The molecule has 13 heteroatoms. The van der Waals surface area contributed by atoms with E-state index >= 15 is 0 Å². The van der Waals surface area contributed by atoms with Gasteiger partial charge in [0, 0.05) is 48.3 Å². The van der Waals surface area contributed by atoms with Crippen LogP contribution in [-0.2, 0) is 9.59 Å². The number of piperidine rings is 1. The van der Waals surface area contributed by atoms with Crippen LogP contribution in [0.2, 0.25) is 0 Å². The highest BCUT2D eigenvalue weighted by Crippen LogP contribution is 2.50. The zero-order valence-corrected chi connectivity index (χ0v) is 20.7. The largest absolute Gasteiger partial charge is 0.356 e. The summed E-state index contributed by atoms with van der Waals surface area (Å²) in [5, 5.41) is 14.8. The predicted molar refractivity (Wildman–Crippen MR) is 127 cm³/mol. The van der Waals surface area contributed by atoms with Crippen LogP contribution in [0.4, 0.5) is 22.0 Å². The fourth-order valence-electron chi connectivity index (χ4n) is 6.27. The van der Waals surface area contributed by atoms with E-state index in [0.29, 0.717) is 25.5 Å². The summed E-state index contributed by atoms with van der Waals surface area (Å²) >= 11 is 0. The third-order valence-electron chi connectivity index (χ3n) is 7.99. The average molecular weight is 552 g/mol. The molecule has 3 heterocycles. The van der Waals surface area contributed by atoms with Gasteiger partial charge < -0.3 is 20.5 Å². The summed E-state index contributed by atoms with van der Waals surface area (Å²) in [7, 11) is 0. The molecule has 0 spiro atoms. The molecule has 1 saturated carbocycles. The summed E-state index contributed by atoms with van der Waals surface area (Å²) < 4.78 is 69.4. The number of halogens is 5. The van der Waals surface area contributed by atoms with E-state index in [-0.39, 0.29) is 35.5 Å². The minimum atomic E-state index is -3.03. The molecular weight excluding hydrogens is 525 g/mol. The topological polar surface area (TPSA) is 118 Å². The van der Waals surface area contributed by atoms with Gasteiger partial charge in [-0.15, -0.1) is 0 Å². The van der Waals surface area contributed by atoms with Crippen molar-refractivity contribution in [1.29, 1.82) is 5.26 Å². The van der Waals surface area contributed by atoms with Gasteiger partial charge in [-0.3, -0.25) is 14.4 Å². The van der Waals surface area contributed by atoms with Crippen molar-refractivity contribution in [2.75, 3.05) is 13.1 Å². The minimum Gasteiger partial charge on any atom is -0.356 e. The highest BCUT2D eigenvalue weighted by atomic mass is 19.3. The van der Waals surface area contributed by atoms with Crippen LogP contribution < -0.4 is 10.6 Å². The zero-order valence-electron chi connectivity index (χ0n) is 20.7. The number of hydrogen-bond donors (Lipinski definition) is 3. The van der Waals surface area contributed by atoms with Gasteiger partial charge in [-0.05, 0) is 49.3 Å². The number of amides is 3. The lowest BCUT2D eigenvalue weighted by Gasteiger charge is -2.29. The van der Waals surface area contributed by atoms with E-state index in [1.807, 2.05) is 6.07 Å². The number of carbonyl (C=O) groups is 3. The van der Waals surface area contributed by atoms with Gasteiger partial charge >= 0.3 is 0 Å². The lowest BCUT2D eigenvalue weighted by atomic mass is 9.90. The Morgan fingerprint density at radius 3 is 2.69 bits per heavy atom. The van der Waals surface area contributed by atoms with Gasteiger partial charge in [0.2, 0.25) is 17.7 Å². The number of nitrogens with one attached hydrogen (secondary N) is 3. The van der Waals surface area contributed by atoms with Crippen LogP contribution in [0.25, 0.3) is 10.9 Å². The number of hydrogen-bond acceptors (Lipinski definition) is 4. The van der Waals surface area contributed by atoms with Crippen LogP contribution >= 0.6 is 0 Å². The Bertz CT molecular complexity index is 1360. The van der Waals surface area contributed by atoms with E-state index in [1.165, 1.54) is 0 Å². The van der Waals surface area contributed by atoms with E-state index in [4.69, 9.17) is 0 Å². The smallest absolute Gasteiger partial charge is 0.271 e. The van der Waals surface area contributed by atoms with E-state index < -0.39 is 78.2 Å². The molecule has 39 heavy (non-hydrogen) atoms. The third kappa shape index (κ3) is 5.16. The van der Waals surface area contributed by atoms with Crippen LogP contribution in [-0.4, -0.2) is 58.7 Å². The molecule has 3 amide bonds. The van der Waals surface area contributed by atoms with Crippen LogP contribution in [0.5, 0.6) is 0 Å². The molecule has 1 aromatic carbocycles. The first-order chi connectivity index (χ1) is 18.5. The molecule has 3 aliphatic rings. The van der Waals surface area contributed by atoms with Gasteiger partial charge in [0.25, 0.3) is 12.3 Å². The second kappa shape index (κ2) is 10.1. The maximum Gasteiger partial charge on any atom is 0.271 e. The van der Waals surface area contributed by atoms with E-state index in [9.17, 15) is 41.6 Å². The van der Waals surface area contributed by atoms with E-state index in [0.717, 1.165) is 17.0 Å². The maximum absolute atomic E-state index is 14.3. The van der Waals surface area contributed by atoms with E-state index in [1.54, 1.807) is 0 Å². The monoisotopic (exact) mass is 551 g/mol. The first-order valence-electron chi connectivity index (χ1n) is 12.7. The fraction of sp³-hybridized carbons (Fsp3) is 0.538. The number of benzene rings is 1. The molecule has 3 N–H and O–H groups in total. The highest BCUT2D eigenvalue weighted by molar-refractivity contribution is 6.01. The lowest BCUT2D eigenvalue weighted by molar-refractivity contribution is -0.129. The number of likely N-dealkylation sites (tertiary alicyclic amines) is 1. The van der Waals surface area contributed by atoms with Crippen molar-refractivity contribution in [3.63, 3.8) is 0 Å². The van der Waals surface area contributed by atoms with Gasteiger partial charge in [0.15, 0.2) is 0 Å².